The van der Waals surface area contributed by atoms with Crippen LogP contribution in [0.3, 0.4) is 0 Å². The Labute approximate surface area is 175 Å². The Balaban J connectivity index is 1.45. The second-order valence-electron chi connectivity index (χ2n) is 6.86. The molecule has 0 amide bonds. The second kappa shape index (κ2) is 11.2. The van der Waals surface area contributed by atoms with Crippen molar-refractivity contribution < 1.29 is 9.13 Å². The summed E-state index contributed by atoms with van der Waals surface area (Å²) in [6.07, 6.45) is 2.84. The summed E-state index contributed by atoms with van der Waals surface area (Å²) < 4.78 is 20.0. The third-order valence-electron chi connectivity index (χ3n) is 4.52. The lowest BCUT2D eigenvalue weighted by atomic mass is 10.1. The second-order valence-corrected chi connectivity index (χ2v) is 8.02. The number of aromatic nitrogens is 3. The number of guanidine groups is 1. The topological polar surface area (TPSA) is 76.4 Å². The number of fused-ring (bicyclic) bond motifs is 1. The molecule has 2 heterocycles. The van der Waals surface area contributed by atoms with Crippen molar-refractivity contribution in [3.8, 4) is 0 Å². The minimum absolute atomic E-state index is 0.198. The number of rotatable bonds is 9. The van der Waals surface area contributed by atoms with E-state index in [0.717, 1.165) is 67.2 Å². The molecule has 0 radical (unpaired) electrons. The normalized spacial score (nSPS) is 16.5. The van der Waals surface area contributed by atoms with Gasteiger partial charge in [-0.1, -0.05) is 0 Å². The molecule has 1 aliphatic rings. The monoisotopic (exact) mass is 420 g/mol. The number of hydrogen-bond donors (Lipinski definition) is 2. The van der Waals surface area contributed by atoms with Gasteiger partial charge in [0.05, 0.1) is 6.54 Å². The summed E-state index contributed by atoms with van der Waals surface area (Å²) in [4.78, 5) is 10.3. The number of nitrogens with zero attached hydrogens (tertiary/aromatic N) is 4. The van der Waals surface area contributed by atoms with E-state index in [1.807, 2.05) is 16.8 Å². The van der Waals surface area contributed by atoms with Gasteiger partial charge >= 0.3 is 0 Å². The zero-order valence-electron chi connectivity index (χ0n) is 17.0. The number of benzene rings is 1. The molecule has 0 aliphatic carbocycles. The highest BCUT2D eigenvalue weighted by atomic mass is 32.2. The Morgan fingerprint density at radius 1 is 1.38 bits per heavy atom. The van der Waals surface area contributed by atoms with Crippen LogP contribution >= 0.6 is 11.8 Å². The van der Waals surface area contributed by atoms with Crippen LogP contribution in [-0.2, 0) is 24.3 Å². The van der Waals surface area contributed by atoms with E-state index >= 15 is 0 Å². The lowest BCUT2D eigenvalue weighted by Crippen LogP contribution is -2.47. The predicted molar refractivity (Wildman–Crippen MR) is 114 cm³/mol. The fraction of sp³-hybridized carbons (Fsp3) is 0.550. The smallest absolute Gasteiger partial charge is 0.191 e. The molecule has 9 heteroatoms. The number of ether oxygens (including phenoxy) is 1. The number of aryl methyl sites for hydroxylation is 1. The van der Waals surface area contributed by atoms with Crippen molar-refractivity contribution in [2.45, 2.75) is 50.3 Å². The third kappa shape index (κ3) is 6.71. The van der Waals surface area contributed by atoms with Gasteiger partial charge < -0.3 is 15.4 Å². The van der Waals surface area contributed by atoms with E-state index in [4.69, 9.17) is 9.73 Å². The standard InChI is InChI=1S/C20H29FN6OS/c1-3-22-20(23-11-4-12-29-17-8-5-15(21)6-9-17)24-16-7-10-19-25-18(14-28-2)26-27(19)13-16/h5-6,8-9,16H,3-4,7,10-14H2,1-2H3,(H2,22,23,24). The number of aliphatic imine (C=N–C) groups is 1. The molecule has 0 saturated heterocycles. The first-order valence-electron chi connectivity index (χ1n) is 10.0. The van der Waals surface area contributed by atoms with E-state index in [9.17, 15) is 4.39 Å². The van der Waals surface area contributed by atoms with Gasteiger partial charge in [0.15, 0.2) is 11.8 Å². The summed E-state index contributed by atoms with van der Waals surface area (Å²) in [7, 11) is 1.65. The van der Waals surface area contributed by atoms with E-state index in [1.165, 1.54) is 12.1 Å². The van der Waals surface area contributed by atoms with Gasteiger partial charge in [-0.15, -0.1) is 11.8 Å². The molecule has 1 atom stereocenters. The van der Waals surface area contributed by atoms with Crippen molar-refractivity contribution in [2.75, 3.05) is 26.0 Å². The van der Waals surface area contributed by atoms with Crippen LogP contribution < -0.4 is 10.6 Å². The van der Waals surface area contributed by atoms with Crippen molar-refractivity contribution in [1.82, 2.24) is 25.4 Å². The molecule has 1 aliphatic heterocycles. The summed E-state index contributed by atoms with van der Waals surface area (Å²) in [5.41, 5.74) is 0. The summed E-state index contributed by atoms with van der Waals surface area (Å²) in [5, 5.41) is 11.4. The van der Waals surface area contributed by atoms with E-state index in [2.05, 4.69) is 27.6 Å². The van der Waals surface area contributed by atoms with Gasteiger partial charge in [-0.25, -0.2) is 14.1 Å². The maximum Gasteiger partial charge on any atom is 0.191 e. The van der Waals surface area contributed by atoms with Gasteiger partial charge in [0.2, 0.25) is 0 Å². The van der Waals surface area contributed by atoms with E-state index in [-0.39, 0.29) is 11.9 Å². The number of halogens is 1. The first-order valence-corrected chi connectivity index (χ1v) is 11.0. The van der Waals surface area contributed by atoms with Crippen molar-refractivity contribution in [1.29, 1.82) is 0 Å². The van der Waals surface area contributed by atoms with Crippen LogP contribution in [0.25, 0.3) is 0 Å². The summed E-state index contributed by atoms with van der Waals surface area (Å²) in [6, 6.07) is 6.89. The van der Waals surface area contributed by atoms with Crippen molar-refractivity contribution in [3.05, 3.63) is 41.7 Å². The van der Waals surface area contributed by atoms with Crippen molar-refractivity contribution >= 4 is 17.7 Å². The van der Waals surface area contributed by atoms with Crippen LogP contribution in [0.1, 0.15) is 31.4 Å². The van der Waals surface area contributed by atoms with Gasteiger partial charge in [-0.3, -0.25) is 4.99 Å². The predicted octanol–water partition coefficient (Wildman–Crippen LogP) is 2.62. The zero-order chi connectivity index (χ0) is 20.5. The van der Waals surface area contributed by atoms with Crippen LogP contribution in [-0.4, -0.2) is 52.7 Å². The van der Waals surface area contributed by atoms with E-state index < -0.39 is 0 Å². The molecule has 1 aromatic carbocycles. The van der Waals surface area contributed by atoms with Gasteiger partial charge in [-0.2, -0.15) is 5.10 Å². The molecule has 0 fully saturated rings. The highest BCUT2D eigenvalue weighted by Gasteiger charge is 2.22. The van der Waals surface area contributed by atoms with Gasteiger partial charge in [-0.05, 0) is 49.8 Å². The largest absolute Gasteiger partial charge is 0.377 e. The molecule has 1 aromatic heterocycles. The Hall–Kier alpha value is -2.13. The summed E-state index contributed by atoms with van der Waals surface area (Å²) in [5.74, 6) is 3.35. The lowest BCUT2D eigenvalue weighted by molar-refractivity contribution is 0.177. The van der Waals surface area contributed by atoms with Gasteiger partial charge in [0, 0.05) is 37.6 Å². The Morgan fingerprint density at radius 2 is 2.21 bits per heavy atom. The SMILES string of the molecule is CCNC(=NCCCSc1ccc(F)cc1)NC1CCc2nc(COC)nn2C1. The van der Waals surface area contributed by atoms with E-state index in [0.29, 0.717) is 6.61 Å². The molecular weight excluding hydrogens is 391 g/mol. The molecule has 2 aromatic rings. The summed E-state index contributed by atoms with van der Waals surface area (Å²) >= 11 is 1.72. The Kier molecular flexibility index (Phi) is 8.30. The maximum atomic E-state index is 12.9. The molecule has 0 spiro atoms. The number of nitrogens with one attached hydrogen (secondary N) is 2. The van der Waals surface area contributed by atoms with Crippen LogP contribution in [0.4, 0.5) is 4.39 Å². The minimum atomic E-state index is -0.198. The highest BCUT2D eigenvalue weighted by molar-refractivity contribution is 7.99. The number of methoxy groups -OCH3 is 1. The first-order chi connectivity index (χ1) is 14.2. The van der Waals surface area contributed by atoms with Crippen LogP contribution in [0.15, 0.2) is 34.2 Å². The quantitative estimate of drug-likeness (QED) is 0.281. The van der Waals surface area contributed by atoms with Crippen LogP contribution in [0.5, 0.6) is 0 Å². The summed E-state index contributed by atoms with van der Waals surface area (Å²) in [6.45, 7) is 4.84. The highest BCUT2D eigenvalue weighted by Crippen LogP contribution is 2.18. The van der Waals surface area contributed by atoms with E-state index in [1.54, 1.807) is 18.9 Å². The Morgan fingerprint density at radius 3 is 2.97 bits per heavy atom. The number of thioether (sulfide) groups is 1. The fourth-order valence-electron chi connectivity index (χ4n) is 3.16. The lowest BCUT2D eigenvalue weighted by Gasteiger charge is -2.25. The zero-order valence-corrected chi connectivity index (χ0v) is 17.8. The third-order valence-corrected chi connectivity index (χ3v) is 5.61. The van der Waals surface area contributed by atoms with Gasteiger partial charge in [0.1, 0.15) is 18.2 Å². The minimum Gasteiger partial charge on any atom is -0.377 e. The molecule has 29 heavy (non-hydrogen) atoms. The molecule has 3 rings (SSSR count). The van der Waals surface area contributed by atoms with Gasteiger partial charge in [0.25, 0.3) is 0 Å². The average molecular weight is 421 g/mol. The molecule has 1 unspecified atom stereocenters. The molecule has 158 valence electrons. The molecule has 2 N–H and O–H groups in total. The van der Waals surface area contributed by atoms with Crippen LogP contribution in [0.2, 0.25) is 0 Å². The van der Waals surface area contributed by atoms with Crippen molar-refractivity contribution in [3.63, 3.8) is 0 Å². The maximum absolute atomic E-state index is 12.9. The van der Waals surface area contributed by atoms with Crippen LogP contribution in [0, 0.1) is 5.82 Å². The Bertz CT molecular complexity index is 795. The first kappa shape index (κ1) is 21.6. The molecule has 0 bridgehead atoms. The number of hydrogen-bond acceptors (Lipinski definition) is 5. The molecule has 0 saturated carbocycles. The average Bonchev–Trinajstić information content (AvgIpc) is 3.11. The fourth-order valence-corrected chi connectivity index (χ4v) is 4.00. The molecule has 7 nitrogen and oxygen atoms in total. The molecular formula is C20H29FN6OS. The van der Waals surface area contributed by atoms with Crippen molar-refractivity contribution in [2.24, 2.45) is 4.99 Å².